The third kappa shape index (κ3) is 5.52. The fourth-order valence-corrected chi connectivity index (χ4v) is 4.85. The van der Waals surface area contributed by atoms with E-state index in [2.05, 4.69) is 20.3 Å². The minimum absolute atomic E-state index is 0.0376. The first-order valence-corrected chi connectivity index (χ1v) is 12.9. The number of ether oxygens (including phenoxy) is 3. The van der Waals surface area contributed by atoms with Gasteiger partial charge in [-0.05, 0) is 38.2 Å². The van der Waals surface area contributed by atoms with Crippen molar-refractivity contribution in [3.05, 3.63) is 35.5 Å². The standard InChI is InChI=1S/C27H32FN5O6/c1-14-23(27(36)32-18-10-33(7-6-19(18)34)22(35)12-37-2)25-26(31-14)24(29-13-30-25)16-8-21(38-3)17(28)9-20(16)39-11-15-4-5-15/h8-9,13,15,18-19,31,34H,4-7,10-12H2,1-3H3,(H,32,36)/t18-,19-/m0/s1. The summed E-state index contributed by atoms with van der Waals surface area (Å²) in [5.74, 6) is -0.397. The second kappa shape index (κ2) is 11.1. The highest BCUT2D eigenvalue weighted by Crippen LogP contribution is 2.39. The number of methoxy groups -OCH3 is 2. The molecule has 1 aliphatic heterocycles. The maximum Gasteiger partial charge on any atom is 0.255 e. The number of benzene rings is 1. The molecule has 12 heteroatoms. The van der Waals surface area contributed by atoms with Gasteiger partial charge < -0.3 is 34.5 Å². The highest BCUT2D eigenvalue weighted by molar-refractivity contribution is 6.09. The molecule has 0 bridgehead atoms. The van der Waals surface area contributed by atoms with E-state index in [-0.39, 0.29) is 30.4 Å². The highest BCUT2D eigenvalue weighted by Gasteiger charge is 2.33. The average Bonchev–Trinajstić information content (AvgIpc) is 3.68. The van der Waals surface area contributed by atoms with Crippen LogP contribution in [0.25, 0.3) is 22.3 Å². The number of aromatic amines is 1. The maximum atomic E-state index is 14.6. The molecule has 2 atom stereocenters. The number of fused-ring (bicyclic) bond motifs is 1. The van der Waals surface area contributed by atoms with Crippen molar-refractivity contribution in [2.45, 2.75) is 38.3 Å². The number of hydrogen-bond acceptors (Lipinski definition) is 8. The van der Waals surface area contributed by atoms with E-state index in [4.69, 9.17) is 14.2 Å². The van der Waals surface area contributed by atoms with Crippen molar-refractivity contribution < 1.29 is 33.3 Å². The molecule has 1 aromatic carbocycles. The number of likely N-dealkylation sites (tertiary alicyclic amines) is 1. The van der Waals surface area contributed by atoms with Gasteiger partial charge in [-0.3, -0.25) is 9.59 Å². The van der Waals surface area contributed by atoms with Gasteiger partial charge >= 0.3 is 0 Å². The van der Waals surface area contributed by atoms with Crippen LogP contribution in [0.2, 0.25) is 0 Å². The predicted octanol–water partition coefficient (Wildman–Crippen LogP) is 2.21. The van der Waals surface area contributed by atoms with Crippen LogP contribution in [0.5, 0.6) is 11.5 Å². The number of nitrogens with zero attached hydrogens (tertiary/aromatic N) is 3. The summed E-state index contributed by atoms with van der Waals surface area (Å²) in [6.07, 6.45) is 3.01. The Balaban J connectivity index is 1.47. The molecule has 1 saturated carbocycles. The summed E-state index contributed by atoms with van der Waals surface area (Å²) in [7, 11) is 2.82. The molecule has 208 valence electrons. The van der Waals surface area contributed by atoms with Crippen molar-refractivity contribution in [3.8, 4) is 22.8 Å². The zero-order chi connectivity index (χ0) is 27.7. The second-order valence-corrected chi connectivity index (χ2v) is 10.0. The van der Waals surface area contributed by atoms with Crippen molar-refractivity contribution in [1.82, 2.24) is 25.2 Å². The Labute approximate surface area is 224 Å². The lowest BCUT2D eigenvalue weighted by Crippen LogP contribution is -2.56. The summed E-state index contributed by atoms with van der Waals surface area (Å²) in [5, 5.41) is 13.4. The summed E-state index contributed by atoms with van der Waals surface area (Å²) >= 11 is 0. The lowest BCUT2D eigenvalue weighted by atomic mass is 10.0. The molecule has 2 aliphatic rings. The van der Waals surface area contributed by atoms with Crippen LogP contribution in [-0.4, -0.2) is 89.4 Å². The van der Waals surface area contributed by atoms with Crippen LogP contribution < -0.4 is 14.8 Å². The van der Waals surface area contributed by atoms with Gasteiger partial charge in [0.2, 0.25) is 5.91 Å². The number of rotatable bonds is 9. The zero-order valence-corrected chi connectivity index (χ0v) is 22.1. The lowest BCUT2D eigenvalue weighted by molar-refractivity contribution is -0.137. The van der Waals surface area contributed by atoms with Crippen LogP contribution >= 0.6 is 0 Å². The van der Waals surface area contributed by atoms with Gasteiger partial charge in [0, 0.05) is 37.5 Å². The van der Waals surface area contributed by atoms with Gasteiger partial charge in [0.25, 0.3) is 5.91 Å². The number of carbonyl (C=O) groups excluding carboxylic acids is 2. The Hall–Kier alpha value is -3.77. The molecule has 2 amide bonds. The molecule has 0 spiro atoms. The summed E-state index contributed by atoms with van der Waals surface area (Å²) in [4.78, 5) is 39.3. The number of aromatic nitrogens is 3. The van der Waals surface area contributed by atoms with Crippen molar-refractivity contribution in [2.75, 3.05) is 40.5 Å². The molecule has 11 nitrogen and oxygen atoms in total. The molecule has 1 saturated heterocycles. The minimum atomic E-state index is -0.811. The number of carbonyl (C=O) groups is 2. The molecule has 3 aromatic rings. The number of nitrogens with one attached hydrogen (secondary N) is 2. The number of amides is 2. The van der Waals surface area contributed by atoms with Crippen molar-refractivity contribution in [1.29, 1.82) is 0 Å². The number of aliphatic hydroxyl groups is 1. The molecule has 1 aliphatic carbocycles. The molecule has 0 radical (unpaired) electrons. The van der Waals surface area contributed by atoms with Gasteiger partial charge in [0.15, 0.2) is 11.6 Å². The fraction of sp³-hybridized carbons (Fsp3) is 0.481. The molecular formula is C27H32FN5O6. The third-order valence-electron chi connectivity index (χ3n) is 7.19. The zero-order valence-electron chi connectivity index (χ0n) is 22.1. The quantitative estimate of drug-likeness (QED) is 0.375. The molecule has 2 fully saturated rings. The fourth-order valence-electron chi connectivity index (χ4n) is 4.85. The lowest BCUT2D eigenvalue weighted by Gasteiger charge is -2.36. The summed E-state index contributed by atoms with van der Waals surface area (Å²) in [5.41, 5.74) is 2.60. The Morgan fingerprint density at radius 3 is 2.72 bits per heavy atom. The Morgan fingerprint density at radius 2 is 2.00 bits per heavy atom. The summed E-state index contributed by atoms with van der Waals surface area (Å²) in [6, 6.07) is 2.15. The van der Waals surface area contributed by atoms with Gasteiger partial charge in [-0.15, -0.1) is 0 Å². The van der Waals surface area contributed by atoms with Crippen molar-refractivity contribution in [2.24, 2.45) is 5.92 Å². The first-order chi connectivity index (χ1) is 18.8. The topological polar surface area (TPSA) is 139 Å². The number of piperidine rings is 1. The van der Waals surface area contributed by atoms with Gasteiger partial charge in [0.05, 0.1) is 36.9 Å². The number of hydrogen-bond donors (Lipinski definition) is 3. The molecule has 39 heavy (non-hydrogen) atoms. The number of aliphatic hydroxyl groups excluding tert-OH is 1. The second-order valence-electron chi connectivity index (χ2n) is 10.0. The van der Waals surface area contributed by atoms with Gasteiger partial charge in [-0.1, -0.05) is 0 Å². The van der Waals surface area contributed by atoms with Crippen LogP contribution in [0.3, 0.4) is 0 Å². The van der Waals surface area contributed by atoms with Gasteiger partial charge in [0.1, 0.15) is 29.9 Å². The molecular weight excluding hydrogens is 509 g/mol. The van der Waals surface area contributed by atoms with E-state index >= 15 is 0 Å². The van der Waals surface area contributed by atoms with Crippen LogP contribution in [0.1, 0.15) is 35.3 Å². The van der Waals surface area contributed by atoms with Gasteiger partial charge in [-0.25, -0.2) is 14.4 Å². The van der Waals surface area contributed by atoms with E-state index in [1.165, 1.54) is 32.7 Å². The van der Waals surface area contributed by atoms with E-state index < -0.39 is 23.9 Å². The number of aryl methyl sites for hydroxylation is 1. The van der Waals surface area contributed by atoms with E-state index in [1.54, 1.807) is 11.8 Å². The van der Waals surface area contributed by atoms with E-state index in [0.29, 0.717) is 59.2 Å². The average molecular weight is 542 g/mol. The first kappa shape index (κ1) is 26.8. The molecule has 5 rings (SSSR count). The monoisotopic (exact) mass is 541 g/mol. The van der Waals surface area contributed by atoms with Crippen LogP contribution in [-0.2, 0) is 9.53 Å². The van der Waals surface area contributed by atoms with Crippen molar-refractivity contribution >= 4 is 22.8 Å². The van der Waals surface area contributed by atoms with Crippen LogP contribution in [0.4, 0.5) is 4.39 Å². The van der Waals surface area contributed by atoms with E-state index in [0.717, 1.165) is 12.8 Å². The predicted molar refractivity (Wildman–Crippen MR) is 139 cm³/mol. The summed E-state index contributed by atoms with van der Waals surface area (Å²) in [6.45, 7) is 2.68. The molecule has 3 N–H and O–H groups in total. The van der Waals surface area contributed by atoms with Gasteiger partial charge in [-0.2, -0.15) is 0 Å². The van der Waals surface area contributed by atoms with Crippen LogP contribution in [0.15, 0.2) is 18.5 Å². The van der Waals surface area contributed by atoms with Crippen LogP contribution in [0, 0.1) is 18.7 Å². The Kier molecular flexibility index (Phi) is 7.67. The largest absolute Gasteiger partial charge is 0.494 e. The summed E-state index contributed by atoms with van der Waals surface area (Å²) < 4.78 is 30.7. The normalized spacial score (nSPS) is 19.3. The highest BCUT2D eigenvalue weighted by atomic mass is 19.1. The molecule has 3 heterocycles. The van der Waals surface area contributed by atoms with E-state index in [9.17, 15) is 19.1 Å². The van der Waals surface area contributed by atoms with E-state index in [1.807, 2.05) is 0 Å². The van der Waals surface area contributed by atoms with Crippen molar-refractivity contribution in [3.63, 3.8) is 0 Å². The number of H-pyrrole nitrogens is 1. The Bertz CT molecular complexity index is 1390. The molecule has 2 aromatic heterocycles. The number of halogens is 1. The SMILES string of the molecule is COCC(=O)N1CC[C@H](O)[C@@H](NC(=O)c2c(C)[nH]c3c(-c4cc(OC)c(F)cc4OCC4CC4)ncnc23)C1. The maximum absolute atomic E-state index is 14.6. The Morgan fingerprint density at radius 1 is 1.21 bits per heavy atom. The minimum Gasteiger partial charge on any atom is -0.494 e. The third-order valence-corrected chi connectivity index (χ3v) is 7.19. The molecule has 0 unspecified atom stereocenters. The smallest absolute Gasteiger partial charge is 0.255 e. The first-order valence-electron chi connectivity index (χ1n) is 12.9.